The SMILES string of the molecule is Cc1ccc(Cl)c(OCCN2CCCn3nc([C@H](O)CO)cc3C2)c1. The number of aromatic nitrogens is 2. The second kappa shape index (κ2) is 8.19. The first kappa shape index (κ1) is 18.2. The molecule has 2 N–H and O–H groups in total. The third-order valence-corrected chi connectivity index (χ3v) is 4.69. The van der Waals surface area contributed by atoms with Crippen molar-refractivity contribution in [3.05, 3.63) is 46.2 Å². The molecule has 0 saturated carbocycles. The van der Waals surface area contributed by atoms with Crippen molar-refractivity contribution < 1.29 is 14.9 Å². The Bertz CT molecular complexity index is 720. The number of aryl methyl sites for hydroxylation is 2. The van der Waals surface area contributed by atoms with Crippen molar-refractivity contribution in [2.45, 2.75) is 32.5 Å². The van der Waals surface area contributed by atoms with Gasteiger partial charge in [-0.1, -0.05) is 17.7 Å². The van der Waals surface area contributed by atoms with Crippen molar-refractivity contribution in [3.8, 4) is 5.75 Å². The molecule has 6 nitrogen and oxygen atoms in total. The Morgan fingerprint density at radius 3 is 2.96 bits per heavy atom. The molecule has 0 radical (unpaired) electrons. The zero-order valence-corrected chi connectivity index (χ0v) is 15.1. The van der Waals surface area contributed by atoms with Crippen molar-refractivity contribution in [2.75, 3.05) is 26.3 Å². The zero-order valence-electron chi connectivity index (χ0n) is 14.4. The molecule has 0 saturated heterocycles. The molecule has 1 aliphatic heterocycles. The van der Waals surface area contributed by atoms with Crippen LogP contribution in [0.4, 0.5) is 0 Å². The Morgan fingerprint density at radius 1 is 1.32 bits per heavy atom. The molecule has 7 heteroatoms. The Balaban J connectivity index is 1.58. The van der Waals surface area contributed by atoms with Crippen LogP contribution < -0.4 is 4.74 Å². The number of halogens is 1. The van der Waals surface area contributed by atoms with Crippen LogP contribution in [0, 0.1) is 6.92 Å². The molecule has 1 aromatic heterocycles. The number of hydrogen-bond donors (Lipinski definition) is 2. The fourth-order valence-electron chi connectivity index (χ4n) is 3.00. The Hall–Kier alpha value is -1.60. The molecule has 1 aromatic carbocycles. The molecule has 1 atom stereocenters. The normalized spacial score (nSPS) is 16.3. The highest BCUT2D eigenvalue weighted by molar-refractivity contribution is 6.32. The summed E-state index contributed by atoms with van der Waals surface area (Å²) in [6, 6.07) is 7.63. The Kier molecular flexibility index (Phi) is 5.96. The average molecular weight is 366 g/mol. The topological polar surface area (TPSA) is 70.8 Å². The van der Waals surface area contributed by atoms with E-state index in [-0.39, 0.29) is 6.61 Å². The molecule has 136 valence electrons. The predicted octanol–water partition coefficient (Wildman–Crippen LogP) is 2.16. The van der Waals surface area contributed by atoms with Crippen LogP contribution in [0.1, 0.15) is 29.5 Å². The molecule has 0 unspecified atom stereocenters. The standard InChI is InChI=1S/C18H24ClN3O3/c1-13-3-4-15(19)18(9-13)25-8-7-21-5-2-6-22-14(11-21)10-16(20-22)17(24)12-23/h3-4,9-10,17,23-24H,2,5-8,11-12H2,1H3/t17-/m1/s1. The molecule has 25 heavy (non-hydrogen) atoms. The number of hydrogen-bond acceptors (Lipinski definition) is 5. The van der Waals surface area contributed by atoms with Crippen molar-refractivity contribution >= 4 is 11.6 Å². The van der Waals surface area contributed by atoms with Crippen LogP contribution >= 0.6 is 11.6 Å². The van der Waals surface area contributed by atoms with Crippen LogP contribution in [0.5, 0.6) is 5.75 Å². The largest absolute Gasteiger partial charge is 0.491 e. The van der Waals surface area contributed by atoms with Crippen LogP contribution in [0.25, 0.3) is 0 Å². The molecule has 0 bridgehead atoms. The number of rotatable bonds is 6. The lowest BCUT2D eigenvalue weighted by Gasteiger charge is -2.20. The van der Waals surface area contributed by atoms with Gasteiger partial charge in [-0.2, -0.15) is 5.10 Å². The van der Waals surface area contributed by atoms with Gasteiger partial charge in [0.05, 0.1) is 23.0 Å². The van der Waals surface area contributed by atoms with E-state index >= 15 is 0 Å². The van der Waals surface area contributed by atoms with Crippen molar-refractivity contribution in [1.29, 1.82) is 0 Å². The number of aliphatic hydroxyl groups is 2. The summed E-state index contributed by atoms with van der Waals surface area (Å²) < 4.78 is 7.76. The fourth-order valence-corrected chi connectivity index (χ4v) is 3.18. The van der Waals surface area contributed by atoms with E-state index in [4.69, 9.17) is 21.4 Å². The molecule has 0 spiro atoms. The van der Waals surface area contributed by atoms with E-state index in [1.807, 2.05) is 35.9 Å². The maximum atomic E-state index is 9.76. The molecular formula is C18H24ClN3O3. The fraction of sp³-hybridized carbons (Fsp3) is 0.500. The minimum atomic E-state index is -0.917. The van der Waals surface area contributed by atoms with Crippen LogP contribution in [0.15, 0.2) is 24.3 Å². The van der Waals surface area contributed by atoms with Gasteiger partial charge in [0.25, 0.3) is 0 Å². The third-order valence-electron chi connectivity index (χ3n) is 4.38. The van der Waals surface area contributed by atoms with Gasteiger partial charge in [-0.25, -0.2) is 0 Å². The Morgan fingerprint density at radius 2 is 2.16 bits per heavy atom. The average Bonchev–Trinajstić information content (AvgIpc) is 2.90. The molecule has 2 heterocycles. The second-order valence-electron chi connectivity index (χ2n) is 6.39. The number of fused-ring (bicyclic) bond motifs is 1. The highest BCUT2D eigenvalue weighted by Crippen LogP contribution is 2.25. The monoisotopic (exact) mass is 365 g/mol. The molecule has 1 aliphatic rings. The second-order valence-corrected chi connectivity index (χ2v) is 6.80. The van der Waals surface area contributed by atoms with Crippen LogP contribution in [0.3, 0.4) is 0 Å². The summed E-state index contributed by atoms with van der Waals surface area (Å²) in [6.45, 7) is 5.57. The first-order valence-corrected chi connectivity index (χ1v) is 8.91. The smallest absolute Gasteiger partial charge is 0.138 e. The van der Waals surface area contributed by atoms with E-state index in [2.05, 4.69) is 10.00 Å². The van der Waals surface area contributed by atoms with Gasteiger partial charge in [-0.05, 0) is 37.1 Å². The van der Waals surface area contributed by atoms with Crippen LogP contribution in [-0.4, -0.2) is 51.2 Å². The van der Waals surface area contributed by atoms with Gasteiger partial charge < -0.3 is 14.9 Å². The van der Waals surface area contributed by atoms with Gasteiger partial charge in [0.1, 0.15) is 18.5 Å². The van der Waals surface area contributed by atoms with E-state index in [0.717, 1.165) is 49.6 Å². The van der Waals surface area contributed by atoms with E-state index < -0.39 is 6.10 Å². The quantitative estimate of drug-likeness (QED) is 0.820. The van der Waals surface area contributed by atoms with E-state index in [0.29, 0.717) is 17.3 Å². The van der Waals surface area contributed by atoms with Crippen molar-refractivity contribution in [3.63, 3.8) is 0 Å². The van der Waals surface area contributed by atoms with Crippen LogP contribution in [0.2, 0.25) is 5.02 Å². The number of benzene rings is 1. The maximum Gasteiger partial charge on any atom is 0.138 e. The van der Waals surface area contributed by atoms with Crippen molar-refractivity contribution in [2.24, 2.45) is 0 Å². The highest BCUT2D eigenvalue weighted by atomic mass is 35.5. The van der Waals surface area contributed by atoms with Gasteiger partial charge in [-0.15, -0.1) is 0 Å². The summed E-state index contributed by atoms with van der Waals surface area (Å²) in [5, 5.41) is 23.9. The summed E-state index contributed by atoms with van der Waals surface area (Å²) in [7, 11) is 0. The minimum Gasteiger partial charge on any atom is -0.491 e. The molecule has 0 fully saturated rings. The Labute approximate surface area is 152 Å². The van der Waals surface area contributed by atoms with Gasteiger partial charge in [0, 0.05) is 26.2 Å². The molecule has 3 rings (SSSR count). The van der Waals surface area contributed by atoms with Gasteiger partial charge in [0.15, 0.2) is 0 Å². The highest BCUT2D eigenvalue weighted by Gasteiger charge is 2.19. The maximum absolute atomic E-state index is 9.76. The molecular weight excluding hydrogens is 342 g/mol. The van der Waals surface area contributed by atoms with Gasteiger partial charge in [-0.3, -0.25) is 9.58 Å². The summed E-state index contributed by atoms with van der Waals surface area (Å²) in [5.74, 6) is 0.717. The number of ether oxygens (including phenoxy) is 1. The number of nitrogens with zero attached hydrogens (tertiary/aromatic N) is 3. The van der Waals surface area contributed by atoms with Crippen molar-refractivity contribution in [1.82, 2.24) is 14.7 Å². The lowest BCUT2D eigenvalue weighted by molar-refractivity contribution is 0.0916. The lowest BCUT2D eigenvalue weighted by Crippen LogP contribution is -2.28. The van der Waals surface area contributed by atoms with Crippen LogP contribution in [-0.2, 0) is 13.1 Å². The van der Waals surface area contributed by atoms with E-state index in [9.17, 15) is 5.11 Å². The summed E-state index contributed by atoms with van der Waals surface area (Å²) in [6.07, 6.45) is 0.0637. The molecule has 0 aliphatic carbocycles. The summed E-state index contributed by atoms with van der Waals surface area (Å²) in [5.41, 5.74) is 2.70. The van der Waals surface area contributed by atoms with E-state index in [1.54, 1.807) is 0 Å². The first-order chi connectivity index (χ1) is 12.1. The zero-order chi connectivity index (χ0) is 17.8. The van der Waals surface area contributed by atoms with Gasteiger partial charge >= 0.3 is 0 Å². The number of aliphatic hydroxyl groups excluding tert-OH is 2. The van der Waals surface area contributed by atoms with E-state index in [1.165, 1.54) is 0 Å². The first-order valence-electron chi connectivity index (χ1n) is 8.53. The minimum absolute atomic E-state index is 0.314. The van der Waals surface area contributed by atoms with Gasteiger partial charge in [0.2, 0.25) is 0 Å². The summed E-state index contributed by atoms with van der Waals surface area (Å²) in [4.78, 5) is 2.30. The lowest BCUT2D eigenvalue weighted by atomic mass is 10.2. The third kappa shape index (κ3) is 4.52. The predicted molar refractivity (Wildman–Crippen MR) is 95.9 cm³/mol. The molecule has 2 aromatic rings. The molecule has 0 amide bonds. The summed E-state index contributed by atoms with van der Waals surface area (Å²) >= 11 is 6.16.